The molecule has 0 saturated carbocycles. The van der Waals surface area contributed by atoms with Gasteiger partial charge in [-0.2, -0.15) is 5.10 Å². The normalized spacial score (nSPS) is 13.1. The number of aryl methyl sites for hydroxylation is 1. The summed E-state index contributed by atoms with van der Waals surface area (Å²) in [5.74, 6) is -2.05. The average molecular weight is 477 g/mol. The quantitative estimate of drug-likeness (QED) is 0.459. The molecule has 9 nitrogen and oxygen atoms in total. The van der Waals surface area contributed by atoms with Gasteiger partial charge in [-0.25, -0.2) is 9.59 Å². The van der Waals surface area contributed by atoms with E-state index in [0.29, 0.717) is 5.56 Å². The van der Waals surface area contributed by atoms with E-state index in [9.17, 15) is 19.5 Å². The van der Waals surface area contributed by atoms with Crippen LogP contribution in [0.4, 0.5) is 4.79 Å². The molecule has 0 spiro atoms. The highest BCUT2D eigenvalue weighted by atomic mass is 16.5. The van der Waals surface area contributed by atoms with Crippen LogP contribution in [0.2, 0.25) is 0 Å². The number of rotatable bonds is 8. The Morgan fingerprint density at radius 2 is 1.66 bits per heavy atom. The SMILES string of the molecule is CC(C)C(NC(=O)c1c(CNC(=O)OCC2c3ccccc3-c3ccccc32)cnn1C)C(=O)O. The molecule has 3 aromatic rings. The number of hydrogen-bond donors (Lipinski definition) is 3. The number of aliphatic carboxylic acids is 1. The molecule has 0 fully saturated rings. The molecule has 0 aliphatic heterocycles. The number of carbonyl (C=O) groups excluding carboxylic acids is 2. The van der Waals surface area contributed by atoms with Gasteiger partial charge >= 0.3 is 12.1 Å². The van der Waals surface area contributed by atoms with Gasteiger partial charge < -0.3 is 20.5 Å². The Balaban J connectivity index is 1.39. The minimum atomic E-state index is -1.12. The smallest absolute Gasteiger partial charge is 0.407 e. The topological polar surface area (TPSA) is 123 Å². The maximum absolute atomic E-state index is 12.8. The fraction of sp³-hybridized carbons (Fsp3) is 0.308. The van der Waals surface area contributed by atoms with Crippen LogP contribution in [-0.4, -0.2) is 45.5 Å². The molecule has 2 amide bonds. The number of carbonyl (C=O) groups is 3. The number of alkyl carbamates (subject to hydrolysis) is 1. The van der Waals surface area contributed by atoms with E-state index in [0.717, 1.165) is 22.3 Å². The maximum atomic E-state index is 12.8. The van der Waals surface area contributed by atoms with Crippen molar-refractivity contribution >= 4 is 18.0 Å². The van der Waals surface area contributed by atoms with Crippen LogP contribution < -0.4 is 10.6 Å². The van der Waals surface area contributed by atoms with E-state index in [2.05, 4.69) is 27.9 Å². The number of fused-ring (bicyclic) bond motifs is 3. The third kappa shape index (κ3) is 4.89. The maximum Gasteiger partial charge on any atom is 0.407 e. The molecule has 1 heterocycles. The van der Waals surface area contributed by atoms with Gasteiger partial charge in [0.25, 0.3) is 5.91 Å². The van der Waals surface area contributed by atoms with Crippen LogP contribution in [0, 0.1) is 5.92 Å². The van der Waals surface area contributed by atoms with Crippen molar-refractivity contribution in [3.05, 3.63) is 77.1 Å². The molecule has 0 bridgehead atoms. The summed E-state index contributed by atoms with van der Waals surface area (Å²) in [6.45, 7) is 3.60. The van der Waals surface area contributed by atoms with Gasteiger partial charge in [-0.15, -0.1) is 0 Å². The van der Waals surface area contributed by atoms with Gasteiger partial charge in [0.05, 0.1) is 12.7 Å². The molecule has 1 aromatic heterocycles. The largest absolute Gasteiger partial charge is 0.480 e. The summed E-state index contributed by atoms with van der Waals surface area (Å²) in [4.78, 5) is 36.7. The van der Waals surface area contributed by atoms with Crippen LogP contribution in [0.1, 0.15) is 46.9 Å². The second kappa shape index (κ2) is 10.0. The predicted molar refractivity (Wildman–Crippen MR) is 129 cm³/mol. The molecule has 182 valence electrons. The van der Waals surface area contributed by atoms with Crippen molar-refractivity contribution in [2.75, 3.05) is 6.61 Å². The molecule has 0 radical (unpaired) electrons. The Bertz CT molecular complexity index is 1220. The first-order chi connectivity index (χ1) is 16.8. The van der Waals surface area contributed by atoms with Crippen molar-refractivity contribution in [3.63, 3.8) is 0 Å². The average Bonchev–Trinajstić information content (AvgIpc) is 3.36. The molecule has 9 heteroatoms. The number of carboxylic acid groups (broad SMARTS) is 1. The fourth-order valence-electron chi connectivity index (χ4n) is 4.45. The third-order valence-corrected chi connectivity index (χ3v) is 6.22. The third-order valence-electron chi connectivity index (χ3n) is 6.22. The number of benzene rings is 2. The number of amides is 2. The summed E-state index contributed by atoms with van der Waals surface area (Å²) in [5.41, 5.74) is 5.15. The zero-order valence-electron chi connectivity index (χ0n) is 19.8. The molecular weight excluding hydrogens is 448 g/mol. The molecular formula is C26H28N4O5. The van der Waals surface area contributed by atoms with Gasteiger partial charge in [0.1, 0.15) is 18.3 Å². The van der Waals surface area contributed by atoms with Crippen molar-refractivity contribution < 1.29 is 24.2 Å². The molecule has 4 rings (SSSR count). The number of ether oxygens (including phenoxy) is 1. The van der Waals surface area contributed by atoms with E-state index >= 15 is 0 Å². The molecule has 1 unspecified atom stereocenters. The lowest BCUT2D eigenvalue weighted by molar-refractivity contribution is -0.140. The summed E-state index contributed by atoms with van der Waals surface area (Å²) >= 11 is 0. The van der Waals surface area contributed by atoms with Crippen molar-refractivity contribution in [1.29, 1.82) is 0 Å². The van der Waals surface area contributed by atoms with E-state index in [1.165, 1.54) is 10.9 Å². The highest BCUT2D eigenvalue weighted by Gasteiger charge is 2.29. The second-order valence-corrected chi connectivity index (χ2v) is 8.85. The summed E-state index contributed by atoms with van der Waals surface area (Å²) in [6.07, 6.45) is 0.844. The van der Waals surface area contributed by atoms with Crippen LogP contribution in [0.25, 0.3) is 11.1 Å². The molecule has 1 aliphatic carbocycles. The first-order valence-electron chi connectivity index (χ1n) is 11.4. The van der Waals surface area contributed by atoms with E-state index < -0.39 is 24.0 Å². The Labute approximate surface area is 203 Å². The zero-order valence-corrected chi connectivity index (χ0v) is 19.8. The standard InChI is InChI=1S/C26H28N4O5/c1-15(2)22(25(32)33)29-24(31)23-16(13-28-30(23)3)12-27-26(34)35-14-21-19-10-6-4-8-17(19)18-9-5-7-11-20(18)21/h4-11,13,15,21-22H,12,14H2,1-3H3,(H,27,34)(H,29,31)(H,32,33). The van der Waals surface area contributed by atoms with E-state index in [1.54, 1.807) is 20.9 Å². The van der Waals surface area contributed by atoms with E-state index in [-0.39, 0.29) is 30.7 Å². The van der Waals surface area contributed by atoms with Crippen LogP contribution in [0.5, 0.6) is 0 Å². The van der Waals surface area contributed by atoms with E-state index in [1.807, 2.05) is 36.4 Å². The Morgan fingerprint density at radius 1 is 1.06 bits per heavy atom. The molecule has 35 heavy (non-hydrogen) atoms. The number of nitrogens with one attached hydrogen (secondary N) is 2. The molecule has 1 aliphatic rings. The molecule has 0 saturated heterocycles. The van der Waals surface area contributed by atoms with Crippen molar-refractivity contribution in [2.24, 2.45) is 13.0 Å². The van der Waals surface area contributed by atoms with Gasteiger partial charge in [-0.1, -0.05) is 62.4 Å². The summed E-state index contributed by atoms with van der Waals surface area (Å²) in [7, 11) is 1.58. The Kier molecular flexibility index (Phi) is 6.86. The lowest BCUT2D eigenvalue weighted by atomic mass is 9.98. The second-order valence-electron chi connectivity index (χ2n) is 8.85. The van der Waals surface area contributed by atoms with Crippen LogP contribution >= 0.6 is 0 Å². The molecule has 1 atom stereocenters. The first kappa shape index (κ1) is 24.0. The number of nitrogens with zero attached hydrogens (tertiary/aromatic N) is 2. The fourth-order valence-corrected chi connectivity index (χ4v) is 4.45. The van der Waals surface area contributed by atoms with Crippen molar-refractivity contribution in [1.82, 2.24) is 20.4 Å². The van der Waals surface area contributed by atoms with Gasteiger partial charge in [-0.3, -0.25) is 9.48 Å². The van der Waals surface area contributed by atoms with E-state index in [4.69, 9.17) is 4.74 Å². The van der Waals surface area contributed by atoms with Crippen LogP contribution in [0.15, 0.2) is 54.7 Å². The minimum absolute atomic E-state index is 0.00663. The zero-order chi connectivity index (χ0) is 25.1. The Hall–Kier alpha value is -4.14. The predicted octanol–water partition coefficient (Wildman–Crippen LogP) is 3.30. The summed E-state index contributed by atoms with van der Waals surface area (Å²) in [5, 5.41) is 18.6. The minimum Gasteiger partial charge on any atom is -0.480 e. The number of aromatic nitrogens is 2. The lowest BCUT2D eigenvalue weighted by Gasteiger charge is -2.18. The van der Waals surface area contributed by atoms with Crippen molar-refractivity contribution in [3.8, 4) is 11.1 Å². The highest BCUT2D eigenvalue weighted by Crippen LogP contribution is 2.44. The summed E-state index contributed by atoms with van der Waals surface area (Å²) in [6, 6.07) is 15.1. The van der Waals surface area contributed by atoms with Gasteiger partial charge in [0.15, 0.2) is 0 Å². The van der Waals surface area contributed by atoms with Crippen molar-refractivity contribution in [2.45, 2.75) is 32.4 Å². The van der Waals surface area contributed by atoms with Gasteiger partial charge in [0, 0.05) is 18.5 Å². The first-order valence-corrected chi connectivity index (χ1v) is 11.4. The van der Waals surface area contributed by atoms with Gasteiger partial charge in [-0.05, 0) is 28.2 Å². The van der Waals surface area contributed by atoms with Crippen LogP contribution in [0.3, 0.4) is 0 Å². The summed E-state index contributed by atoms with van der Waals surface area (Å²) < 4.78 is 6.89. The van der Waals surface area contributed by atoms with Crippen LogP contribution in [-0.2, 0) is 23.1 Å². The highest BCUT2D eigenvalue weighted by molar-refractivity contribution is 5.96. The molecule has 2 aromatic carbocycles. The molecule has 3 N–H and O–H groups in total. The lowest BCUT2D eigenvalue weighted by Crippen LogP contribution is -2.45. The monoisotopic (exact) mass is 476 g/mol. The Morgan fingerprint density at radius 3 is 2.23 bits per heavy atom. The number of carboxylic acids is 1. The van der Waals surface area contributed by atoms with Gasteiger partial charge in [0.2, 0.25) is 0 Å². The number of hydrogen-bond acceptors (Lipinski definition) is 5.